The van der Waals surface area contributed by atoms with Crippen molar-refractivity contribution in [1.82, 2.24) is 9.97 Å². The highest BCUT2D eigenvalue weighted by Crippen LogP contribution is 2.32. The Kier molecular flexibility index (Phi) is 5.01. The van der Waals surface area contributed by atoms with Gasteiger partial charge in [-0.3, -0.25) is 4.79 Å². The van der Waals surface area contributed by atoms with Crippen molar-refractivity contribution in [2.45, 2.75) is 6.54 Å². The van der Waals surface area contributed by atoms with E-state index in [1.165, 1.54) is 18.5 Å². The number of carbonyl (C=O) groups is 1. The molecule has 0 bridgehead atoms. The van der Waals surface area contributed by atoms with Crippen molar-refractivity contribution in [3.63, 3.8) is 0 Å². The molecule has 2 heterocycles. The molecule has 1 aromatic heterocycles. The van der Waals surface area contributed by atoms with Crippen molar-refractivity contribution in [3.8, 4) is 11.5 Å². The van der Waals surface area contributed by atoms with Crippen LogP contribution >= 0.6 is 0 Å². The standard InChI is InChI=1S/C20H17FN4O3/c21-16-4-2-1-3-13(16)10-22-20-23-11-14(12-24-20)19(26)25-15-5-6-17-18(9-15)28-8-7-27-17/h1-6,9,11-12H,7-8,10H2,(H,25,26)(H,22,23,24). The Morgan fingerprint density at radius 3 is 2.57 bits per heavy atom. The van der Waals surface area contributed by atoms with E-state index < -0.39 is 0 Å². The first-order chi connectivity index (χ1) is 13.7. The molecule has 0 saturated carbocycles. The van der Waals surface area contributed by atoms with Crippen LogP contribution in [0.15, 0.2) is 54.9 Å². The zero-order chi connectivity index (χ0) is 19.3. The average molecular weight is 380 g/mol. The van der Waals surface area contributed by atoms with Crippen LogP contribution in [0.3, 0.4) is 0 Å². The molecule has 4 rings (SSSR count). The van der Waals surface area contributed by atoms with E-state index in [0.29, 0.717) is 47.5 Å². The Hall–Kier alpha value is -3.68. The molecule has 0 aliphatic carbocycles. The highest BCUT2D eigenvalue weighted by atomic mass is 19.1. The van der Waals surface area contributed by atoms with Crippen LogP contribution in [0, 0.1) is 5.82 Å². The SMILES string of the molecule is O=C(Nc1ccc2c(c1)OCCO2)c1cnc(NCc2ccccc2F)nc1. The van der Waals surface area contributed by atoms with Gasteiger partial charge in [-0.25, -0.2) is 14.4 Å². The van der Waals surface area contributed by atoms with Gasteiger partial charge in [0.15, 0.2) is 11.5 Å². The zero-order valence-corrected chi connectivity index (χ0v) is 14.8. The third kappa shape index (κ3) is 4.01. The van der Waals surface area contributed by atoms with Crippen LogP contribution in [0.1, 0.15) is 15.9 Å². The maximum atomic E-state index is 13.6. The summed E-state index contributed by atoms with van der Waals surface area (Å²) in [6, 6.07) is 11.6. The minimum Gasteiger partial charge on any atom is -0.486 e. The molecule has 7 nitrogen and oxygen atoms in total. The van der Waals surface area contributed by atoms with Gasteiger partial charge < -0.3 is 20.1 Å². The molecule has 0 spiro atoms. The van der Waals surface area contributed by atoms with Crippen LogP contribution in [0.4, 0.5) is 16.0 Å². The number of fused-ring (bicyclic) bond motifs is 1. The topological polar surface area (TPSA) is 85.4 Å². The first kappa shape index (κ1) is 17.7. The molecular formula is C20H17FN4O3. The number of hydrogen-bond donors (Lipinski definition) is 2. The molecule has 2 N–H and O–H groups in total. The largest absolute Gasteiger partial charge is 0.486 e. The summed E-state index contributed by atoms with van der Waals surface area (Å²) in [7, 11) is 0. The predicted molar refractivity (Wildman–Crippen MR) is 101 cm³/mol. The number of rotatable bonds is 5. The summed E-state index contributed by atoms with van der Waals surface area (Å²) in [6.07, 6.45) is 2.81. The van der Waals surface area contributed by atoms with Gasteiger partial charge in [-0.2, -0.15) is 0 Å². The fraction of sp³-hybridized carbons (Fsp3) is 0.150. The van der Waals surface area contributed by atoms with Gasteiger partial charge >= 0.3 is 0 Å². The summed E-state index contributed by atoms with van der Waals surface area (Å²) in [4.78, 5) is 20.6. The number of ether oxygens (including phenoxy) is 2. The van der Waals surface area contributed by atoms with E-state index in [0.717, 1.165) is 0 Å². The normalized spacial score (nSPS) is 12.3. The molecule has 0 fully saturated rings. The Bertz CT molecular complexity index is 995. The second-order valence-electron chi connectivity index (χ2n) is 6.05. The minimum atomic E-state index is -0.350. The van der Waals surface area contributed by atoms with Crippen molar-refractivity contribution >= 4 is 17.5 Å². The van der Waals surface area contributed by atoms with E-state index in [9.17, 15) is 9.18 Å². The Morgan fingerprint density at radius 2 is 1.79 bits per heavy atom. The van der Waals surface area contributed by atoms with Gasteiger partial charge in [0.2, 0.25) is 5.95 Å². The first-order valence-electron chi connectivity index (χ1n) is 8.69. The van der Waals surface area contributed by atoms with Crippen LogP contribution in [0.25, 0.3) is 0 Å². The van der Waals surface area contributed by atoms with Crippen molar-refractivity contribution in [2.75, 3.05) is 23.8 Å². The number of hydrogen-bond acceptors (Lipinski definition) is 6. The summed E-state index contributed by atoms with van der Waals surface area (Å²) in [5.41, 5.74) is 1.38. The third-order valence-electron chi connectivity index (χ3n) is 4.11. The number of nitrogens with zero attached hydrogens (tertiary/aromatic N) is 2. The number of carbonyl (C=O) groups excluding carboxylic acids is 1. The van der Waals surface area contributed by atoms with Gasteiger partial charge in [0, 0.05) is 36.3 Å². The first-order valence-corrected chi connectivity index (χ1v) is 8.69. The minimum absolute atomic E-state index is 0.245. The van der Waals surface area contributed by atoms with Gasteiger partial charge in [0.1, 0.15) is 19.0 Å². The quantitative estimate of drug-likeness (QED) is 0.707. The molecule has 142 valence electrons. The van der Waals surface area contributed by atoms with Crippen molar-refractivity contribution in [3.05, 3.63) is 71.8 Å². The molecule has 1 amide bonds. The molecule has 3 aromatic rings. The van der Waals surface area contributed by atoms with Gasteiger partial charge in [-0.15, -0.1) is 0 Å². The number of anilines is 2. The lowest BCUT2D eigenvalue weighted by molar-refractivity contribution is 0.102. The fourth-order valence-electron chi connectivity index (χ4n) is 2.68. The lowest BCUT2D eigenvalue weighted by atomic mass is 10.2. The molecule has 0 saturated heterocycles. The monoisotopic (exact) mass is 380 g/mol. The van der Waals surface area contributed by atoms with Gasteiger partial charge in [-0.1, -0.05) is 18.2 Å². The molecule has 8 heteroatoms. The highest BCUT2D eigenvalue weighted by Gasteiger charge is 2.14. The second kappa shape index (κ2) is 7.91. The lowest BCUT2D eigenvalue weighted by Gasteiger charge is -2.19. The summed E-state index contributed by atoms with van der Waals surface area (Å²) in [6.45, 7) is 1.22. The smallest absolute Gasteiger partial charge is 0.258 e. The third-order valence-corrected chi connectivity index (χ3v) is 4.11. The second-order valence-corrected chi connectivity index (χ2v) is 6.05. The van der Waals surface area contributed by atoms with Crippen molar-refractivity contribution in [2.24, 2.45) is 0 Å². The fourth-order valence-corrected chi connectivity index (χ4v) is 2.68. The number of aromatic nitrogens is 2. The van der Waals surface area contributed by atoms with Crippen LogP contribution in [0.2, 0.25) is 0 Å². The molecule has 28 heavy (non-hydrogen) atoms. The van der Waals surface area contributed by atoms with Gasteiger partial charge in [0.05, 0.1) is 5.56 Å². The van der Waals surface area contributed by atoms with E-state index in [-0.39, 0.29) is 18.3 Å². The number of halogens is 1. The summed E-state index contributed by atoms with van der Waals surface area (Å²) < 4.78 is 24.6. The van der Waals surface area contributed by atoms with E-state index in [1.807, 2.05) is 0 Å². The van der Waals surface area contributed by atoms with E-state index >= 15 is 0 Å². The van der Waals surface area contributed by atoms with Gasteiger partial charge in [0.25, 0.3) is 5.91 Å². The Labute approximate surface area is 160 Å². The maximum absolute atomic E-state index is 13.6. The molecule has 1 aliphatic rings. The van der Waals surface area contributed by atoms with E-state index in [1.54, 1.807) is 36.4 Å². The predicted octanol–water partition coefficient (Wildman–Crippen LogP) is 3.25. The van der Waals surface area contributed by atoms with E-state index in [4.69, 9.17) is 9.47 Å². The number of nitrogens with one attached hydrogen (secondary N) is 2. The Morgan fingerprint density at radius 1 is 1.04 bits per heavy atom. The van der Waals surface area contributed by atoms with Crippen molar-refractivity contribution < 1.29 is 18.7 Å². The van der Waals surface area contributed by atoms with E-state index in [2.05, 4.69) is 20.6 Å². The molecule has 0 unspecified atom stereocenters. The Balaban J connectivity index is 1.38. The van der Waals surface area contributed by atoms with Crippen molar-refractivity contribution in [1.29, 1.82) is 0 Å². The summed E-state index contributed by atoms with van der Waals surface area (Å²) in [5.74, 6) is 0.896. The van der Waals surface area contributed by atoms with Crippen LogP contribution in [-0.2, 0) is 6.54 Å². The van der Waals surface area contributed by atoms with Gasteiger partial charge in [-0.05, 0) is 18.2 Å². The van der Waals surface area contributed by atoms with Crippen LogP contribution in [-0.4, -0.2) is 29.1 Å². The molecule has 0 radical (unpaired) electrons. The highest BCUT2D eigenvalue weighted by molar-refractivity contribution is 6.04. The van der Waals surface area contributed by atoms with Crippen LogP contribution < -0.4 is 20.1 Å². The zero-order valence-electron chi connectivity index (χ0n) is 14.8. The number of amides is 1. The number of benzene rings is 2. The molecule has 0 atom stereocenters. The average Bonchev–Trinajstić information content (AvgIpc) is 2.73. The summed E-state index contributed by atoms with van der Waals surface area (Å²) in [5, 5.41) is 5.70. The maximum Gasteiger partial charge on any atom is 0.258 e. The lowest BCUT2D eigenvalue weighted by Crippen LogP contribution is -2.16. The van der Waals surface area contributed by atoms with Crippen LogP contribution in [0.5, 0.6) is 11.5 Å². The molecule has 2 aromatic carbocycles. The molecular weight excluding hydrogens is 363 g/mol. The summed E-state index contributed by atoms with van der Waals surface area (Å²) >= 11 is 0. The molecule has 1 aliphatic heterocycles.